The molecule has 0 unspecified atom stereocenters. The Balaban J connectivity index is 1.53. The third-order valence-electron chi connectivity index (χ3n) is 4.70. The fourth-order valence-electron chi connectivity index (χ4n) is 3.25. The third kappa shape index (κ3) is 3.37. The summed E-state index contributed by atoms with van der Waals surface area (Å²) in [5.41, 5.74) is 2.23. The zero-order chi connectivity index (χ0) is 18.8. The summed E-state index contributed by atoms with van der Waals surface area (Å²) >= 11 is 0. The van der Waals surface area contributed by atoms with Gasteiger partial charge in [0, 0.05) is 6.54 Å². The van der Waals surface area contributed by atoms with Gasteiger partial charge in [0.1, 0.15) is 24.6 Å². The second-order valence-electron chi connectivity index (χ2n) is 6.44. The maximum Gasteiger partial charge on any atom is 0.167 e. The lowest BCUT2D eigenvalue weighted by Crippen LogP contribution is -2.33. The summed E-state index contributed by atoms with van der Waals surface area (Å²) in [6.07, 6.45) is -0.370. The number of aliphatic hydroxyl groups excluding tert-OH is 3. The van der Waals surface area contributed by atoms with Crippen LogP contribution in [0.1, 0.15) is 11.8 Å². The van der Waals surface area contributed by atoms with Gasteiger partial charge in [0.05, 0.1) is 12.9 Å². The molecule has 1 aliphatic heterocycles. The van der Waals surface area contributed by atoms with Gasteiger partial charge < -0.3 is 25.4 Å². The molecule has 1 saturated heterocycles. The number of fused-ring (bicyclic) bond motifs is 1. The minimum Gasteiger partial charge on any atom is -0.394 e. The molecule has 4 rings (SSSR count). The Bertz CT molecular complexity index is 903. The Kier molecular flexibility index (Phi) is 4.99. The summed E-state index contributed by atoms with van der Waals surface area (Å²) in [6.45, 7) is 0.291. The number of hydrogen-bond donors (Lipinski definition) is 4. The lowest BCUT2D eigenvalue weighted by atomic mass is 10.1. The highest BCUT2D eigenvalue weighted by molar-refractivity contribution is 5.82. The van der Waals surface area contributed by atoms with Crippen molar-refractivity contribution >= 4 is 17.0 Å². The molecule has 27 heavy (non-hydrogen) atoms. The van der Waals surface area contributed by atoms with Crippen LogP contribution >= 0.6 is 0 Å². The molecule has 2 aromatic heterocycles. The van der Waals surface area contributed by atoms with Crippen molar-refractivity contribution in [1.82, 2.24) is 19.5 Å². The molecule has 3 aromatic rings. The van der Waals surface area contributed by atoms with Crippen molar-refractivity contribution in [3.8, 4) is 0 Å². The van der Waals surface area contributed by atoms with Crippen molar-refractivity contribution in [3.63, 3.8) is 0 Å². The van der Waals surface area contributed by atoms with Crippen molar-refractivity contribution < 1.29 is 20.1 Å². The lowest BCUT2D eigenvalue weighted by Gasteiger charge is -2.16. The largest absolute Gasteiger partial charge is 0.394 e. The zero-order valence-corrected chi connectivity index (χ0v) is 14.5. The second kappa shape index (κ2) is 7.57. The van der Waals surface area contributed by atoms with E-state index in [1.807, 2.05) is 18.2 Å². The van der Waals surface area contributed by atoms with Crippen LogP contribution in [0, 0.1) is 0 Å². The number of ether oxygens (including phenoxy) is 1. The van der Waals surface area contributed by atoms with Crippen LogP contribution in [-0.4, -0.2) is 66.3 Å². The van der Waals surface area contributed by atoms with Crippen LogP contribution in [0.3, 0.4) is 0 Å². The Morgan fingerprint density at radius 2 is 1.89 bits per heavy atom. The van der Waals surface area contributed by atoms with Crippen molar-refractivity contribution in [2.75, 3.05) is 18.5 Å². The molecular weight excluding hydrogens is 350 g/mol. The molecule has 0 radical (unpaired) electrons. The molecule has 9 nitrogen and oxygen atoms in total. The quantitative estimate of drug-likeness (QED) is 0.480. The third-order valence-corrected chi connectivity index (χ3v) is 4.70. The molecule has 3 heterocycles. The van der Waals surface area contributed by atoms with E-state index in [9.17, 15) is 15.3 Å². The van der Waals surface area contributed by atoms with Crippen molar-refractivity contribution in [1.29, 1.82) is 0 Å². The molecule has 1 aliphatic rings. The molecule has 9 heteroatoms. The summed E-state index contributed by atoms with van der Waals surface area (Å²) in [6, 6.07) is 10.1. The minimum atomic E-state index is -1.19. The highest BCUT2D eigenvalue weighted by Gasteiger charge is 2.44. The van der Waals surface area contributed by atoms with Crippen LogP contribution in [0.5, 0.6) is 0 Å². The fraction of sp³-hybridized carbons (Fsp3) is 0.389. The maximum absolute atomic E-state index is 10.2. The van der Waals surface area contributed by atoms with Gasteiger partial charge in [-0.05, 0) is 12.0 Å². The summed E-state index contributed by atoms with van der Waals surface area (Å²) in [7, 11) is 0. The van der Waals surface area contributed by atoms with Gasteiger partial charge >= 0.3 is 0 Å². The molecule has 0 saturated carbocycles. The lowest BCUT2D eigenvalue weighted by molar-refractivity contribution is -0.0511. The van der Waals surface area contributed by atoms with E-state index in [0.29, 0.717) is 23.5 Å². The van der Waals surface area contributed by atoms with Crippen molar-refractivity contribution in [3.05, 3.63) is 48.5 Å². The summed E-state index contributed by atoms with van der Waals surface area (Å²) in [5.74, 6) is 0.585. The monoisotopic (exact) mass is 371 g/mol. The van der Waals surface area contributed by atoms with Crippen LogP contribution in [0.25, 0.3) is 11.2 Å². The van der Waals surface area contributed by atoms with Crippen LogP contribution in [0.15, 0.2) is 43.0 Å². The number of hydrogen-bond acceptors (Lipinski definition) is 8. The van der Waals surface area contributed by atoms with E-state index in [2.05, 4.69) is 32.4 Å². The molecule has 1 aromatic carbocycles. The number of anilines is 1. The molecule has 142 valence electrons. The predicted molar refractivity (Wildman–Crippen MR) is 97.0 cm³/mol. The number of aromatic nitrogens is 4. The average molecular weight is 371 g/mol. The molecule has 4 N–H and O–H groups in total. The summed E-state index contributed by atoms with van der Waals surface area (Å²) in [5, 5.41) is 32.7. The SMILES string of the molecule is OC[C@@H]1O[C@H](n2cnc3c(NCCc4ccccc4)ncnc32)[C@@H](O)[C@@H]1O. The minimum absolute atomic E-state index is 0.386. The van der Waals surface area contributed by atoms with Gasteiger partial charge in [-0.1, -0.05) is 30.3 Å². The van der Waals surface area contributed by atoms with Crippen LogP contribution < -0.4 is 5.32 Å². The number of nitrogens with zero attached hydrogens (tertiary/aromatic N) is 4. The number of imidazole rings is 1. The Morgan fingerprint density at radius 1 is 1.07 bits per heavy atom. The highest BCUT2D eigenvalue weighted by Crippen LogP contribution is 2.32. The normalized spacial score (nSPS) is 25.1. The molecule has 0 aliphatic carbocycles. The van der Waals surface area contributed by atoms with Gasteiger partial charge in [0.15, 0.2) is 23.2 Å². The maximum atomic E-state index is 10.2. The topological polar surface area (TPSA) is 126 Å². The number of benzene rings is 1. The van der Waals surface area contributed by atoms with Crippen LogP contribution in [0.2, 0.25) is 0 Å². The molecule has 0 bridgehead atoms. The summed E-state index contributed by atoms with van der Waals surface area (Å²) in [4.78, 5) is 12.8. The number of aliphatic hydroxyl groups is 3. The Labute approximate surface area is 155 Å². The first-order valence-electron chi connectivity index (χ1n) is 8.77. The Hall–Kier alpha value is -2.59. The van der Waals surface area contributed by atoms with Crippen molar-refractivity contribution in [2.45, 2.75) is 31.0 Å². The van der Waals surface area contributed by atoms with Crippen LogP contribution in [-0.2, 0) is 11.2 Å². The van der Waals surface area contributed by atoms with Gasteiger partial charge in [0.25, 0.3) is 0 Å². The Morgan fingerprint density at radius 3 is 2.63 bits per heavy atom. The second-order valence-corrected chi connectivity index (χ2v) is 6.44. The number of nitrogens with one attached hydrogen (secondary N) is 1. The van der Waals surface area contributed by atoms with E-state index in [1.54, 1.807) is 4.57 Å². The van der Waals surface area contributed by atoms with E-state index in [4.69, 9.17) is 4.74 Å². The molecular formula is C18H21N5O4. The predicted octanol–water partition coefficient (Wildman–Crippen LogP) is 0.0924. The van der Waals surface area contributed by atoms with E-state index >= 15 is 0 Å². The van der Waals surface area contributed by atoms with Gasteiger partial charge in [-0.3, -0.25) is 4.57 Å². The van der Waals surface area contributed by atoms with Gasteiger partial charge in [-0.25, -0.2) is 15.0 Å². The smallest absolute Gasteiger partial charge is 0.167 e. The van der Waals surface area contributed by atoms with E-state index < -0.39 is 24.5 Å². The van der Waals surface area contributed by atoms with Crippen LogP contribution in [0.4, 0.5) is 5.82 Å². The molecule has 4 atom stereocenters. The van der Waals surface area contributed by atoms with Crippen molar-refractivity contribution in [2.24, 2.45) is 0 Å². The average Bonchev–Trinajstić information content (AvgIpc) is 3.25. The first-order chi connectivity index (χ1) is 13.2. The van der Waals surface area contributed by atoms with E-state index in [0.717, 1.165) is 6.42 Å². The molecule has 0 spiro atoms. The first kappa shape index (κ1) is 17.8. The van der Waals surface area contributed by atoms with E-state index in [1.165, 1.54) is 18.2 Å². The first-order valence-corrected chi connectivity index (χ1v) is 8.77. The van der Waals surface area contributed by atoms with Gasteiger partial charge in [0.2, 0.25) is 0 Å². The van der Waals surface area contributed by atoms with Gasteiger partial charge in [-0.2, -0.15) is 0 Å². The fourth-order valence-corrected chi connectivity index (χ4v) is 3.25. The zero-order valence-electron chi connectivity index (χ0n) is 14.5. The highest BCUT2D eigenvalue weighted by atomic mass is 16.6. The standard InChI is InChI=1S/C18H21N5O4/c24-8-12-14(25)15(26)18(27-12)23-10-22-13-16(20-9-21-17(13)23)19-7-6-11-4-2-1-3-5-11/h1-5,9-10,12,14-15,18,24-26H,6-8H2,(H,19,20,21)/t12-,14+,15-,18-/m0/s1. The van der Waals surface area contributed by atoms with E-state index in [-0.39, 0.29) is 6.61 Å². The summed E-state index contributed by atoms with van der Waals surface area (Å²) < 4.78 is 7.10. The van der Waals surface area contributed by atoms with Gasteiger partial charge in [-0.15, -0.1) is 0 Å². The molecule has 1 fully saturated rings. The number of rotatable bonds is 6. The molecule has 0 amide bonds.